The minimum Gasteiger partial charge on any atom is -0.391 e. The first-order valence-electron chi connectivity index (χ1n) is 8.55. The van der Waals surface area contributed by atoms with Crippen LogP contribution in [0.2, 0.25) is 0 Å². The largest absolute Gasteiger partial charge is 0.417 e. The number of thioether (sulfide) groups is 1. The number of alkyl halides is 3. The van der Waals surface area contributed by atoms with Gasteiger partial charge in [0.05, 0.1) is 41.0 Å². The molecule has 1 fully saturated rings. The SMILES string of the molecule is N#Cc1c(C(F)(F)F)cc(-c2cccs2)nc1SC[C@H](O)CN1CCOCC1. The molecule has 10 heteroatoms. The maximum atomic E-state index is 13.5. The topological polar surface area (TPSA) is 69.4 Å². The van der Waals surface area contributed by atoms with E-state index in [0.29, 0.717) is 37.7 Å². The van der Waals surface area contributed by atoms with Gasteiger partial charge in [0.2, 0.25) is 0 Å². The summed E-state index contributed by atoms with van der Waals surface area (Å²) < 4.78 is 45.7. The summed E-state index contributed by atoms with van der Waals surface area (Å²) in [7, 11) is 0. The van der Waals surface area contributed by atoms with Gasteiger partial charge in [0, 0.05) is 25.4 Å². The van der Waals surface area contributed by atoms with Crippen LogP contribution in [0.3, 0.4) is 0 Å². The van der Waals surface area contributed by atoms with Crippen LogP contribution in [-0.2, 0) is 10.9 Å². The van der Waals surface area contributed by atoms with Crippen molar-refractivity contribution in [2.45, 2.75) is 17.3 Å². The Morgan fingerprint density at radius 2 is 2.14 bits per heavy atom. The number of aliphatic hydroxyl groups is 1. The molecule has 2 aromatic heterocycles. The molecule has 1 saturated heterocycles. The number of hydrogen-bond donors (Lipinski definition) is 1. The maximum Gasteiger partial charge on any atom is 0.417 e. The van der Waals surface area contributed by atoms with Crippen molar-refractivity contribution in [3.05, 3.63) is 34.7 Å². The number of β-amino-alcohol motifs (C(OH)–C–C–N with tert-alkyl or cyclic N) is 1. The van der Waals surface area contributed by atoms with E-state index in [1.807, 2.05) is 4.90 Å². The number of pyridine rings is 1. The lowest BCUT2D eigenvalue weighted by molar-refractivity contribution is -0.138. The highest BCUT2D eigenvalue weighted by Gasteiger charge is 2.36. The molecule has 2 aromatic rings. The summed E-state index contributed by atoms with van der Waals surface area (Å²) in [5, 5.41) is 21.3. The highest BCUT2D eigenvalue weighted by Crippen LogP contribution is 2.38. The summed E-state index contributed by atoms with van der Waals surface area (Å²) in [4.78, 5) is 6.91. The summed E-state index contributed by atoms with van der Waals surface area (Å²) in [5.74, 6) is 0.143. The highest BCUT2D eigenvalue weighted by molar-refractivity contribution is 7.99. The van der Waals surface area contributed by atoms with Crippen LogP contribution in [0, 0.1) is 11.3 Å². The molecular weight excluding hydrogens is 411 g/mol. The van der Waals surface area contributed by atoms with Crippen molar-refractivity contribution in [2.24, 2.45) is 0 Å². The molecule has 0 aliphatic carbocycles. The number of rotatable bonds is 6. The predicted molar refractivity (Wildman–Crippen MR) is 101 cm³/mol. The normalized spacial score (nSPS) is 16.7. The molecule has 3 rings (SSSR count). The van der Waals surface area contributed by atoms with Crippen LogP contribution < -0.4 is 0 Å². The first kappa shape index (κ1) is 21.1. The zero-order chi connectivity index (χ0) is 20.1. The van der Waals surface area contributed by atoms with Gasteiger partial charge in [-0.05, 0) is 17.5 Å². The number of halogens is 3. The van der Waals surface area contributed by atoms with E-state index in [1.165, 1.54) is 11.3 Å². The minimum absolute atomic E-state index is 0.0123. The van der Waals surface area contributed by atoms with Crippen molar-refractivity contribution in [1.29, 1.82) is 5.26 Å². The molecule has 0 spiro atoms. The van der Waals surface area contributed by atoms with Gasteiger partial charge in [0.1, 0.15) is 11.1 Å². The van der Waals surface area contributed by atoms with Gasteiger partial charge >= 0.3 is 6.18 Å². The third kappa shape index (κ3) is 5.24. The van der Waals surface area contributed by atoms with Crippen molar-refractivity contribution in [2.75, 3.05) is 38.6 Å². The van der Waals surface area contributed by atoms with Crippen molar-refractivity contribution in [3.8, 4) is 16.6 Å². The predicted octanol–water partition coefficient (Wildman–Crippen LogP) is 3.49. The molecule has 0 amide bonds. The Bertz CT molecular complexity index is 832. The molecule has 1 atom stereocenters. The summed E-state index contributed by atoms with van der Waals surface area (Å²) in [6, 6.07) is 5.96. The quantitative estimate of drug-likeness (QED) is 0.709. The zero-order valence-corrected chi connectivity index (χ0v) is 16.4. The number of nitrogens with zero attached hydrogens (tertiary/aromatic N) is 3. The van der Waals surface area contributed by atoms with E-state index in [9.17, 15) is 23.5 Å². The van der Waals surface area contributed by atoms with Crippen LogP contribution in [0.5, 0.6) is 0 Å². The molecule has 1 aliphatic rings. The number of aliphatic hydroxyl groups excluding tert-OH is 1. The van der Waals surface area contributed by atoms with Crippen LogP contribution >= 0.6 is 23.1 Å². The van der Waals surface area contributed by atoms with Gasteiger partial charge in [0.25, 0.3) is 0 Å². The van der Waals surface area contributed by atoms with E-state index in [-0.39, 0.29) is 16.5 Å². The Morgan fingerprint density at radius 3 is 2.75 bits per heavy atom. The first-order chi connectivity index (χ1) is 13.4. The molecule has 0 radical (unpaired) electrons. The molecular formula is C18H18F3N3O2S2. The lowest BCUT2D eigenvalue weighted by atomic mass is 10.1. The molecule has 0 unspecified atom stereocenters. The minimum atomic E-state index is -4.66. The summed E-state index contributed by atoms with van der Waals surface area (Å²) in [6.07, 6.45) is -5.42. The van der Waals surface area contributed by atoms with Gasteiger partial charge < -0.3 is 9.84 Å². The molecule has 0 aromatic carbocycles. The average Bonchev–Trinajstić information content (AvgIpc) is 3.20. The summed E-state index contributed by atoms with van der Waals surface area (Å²) in [5.41, 5.74) is -1.33. The molecule has 1 N–H and O–H groups in total. The number of morpholine rings is 1. The number of aromatic nitrogens is 1. The Hall–Kier alpha value is -1.64. The number of thiophene rings is 1. The van der Waals surface area contributed by atoms with Gasteiger partial charge in [-0.15, -0.1) is 23.1 Å². The van der Waals surface area contributed by atoms with E-state index >= 15 is 0 Å². The molecule has 0 saturated carbocycles. The third-order valence-electron chi connectivity index (χ3n) is 4.16. The summed E-state index contributed by atoms with van der Waals surface area (Å²) in [6.45, 7) is 3.00. The fourth-order valence-electron chi connectivity index (χ4n) is 2.82. The van der Waals surface area contributed by atoms with E-state index in [4.69, 9.17) is 4.74 Å². The number of hydrogen-bond acceptors (Lipinski definition) is 7. The van der Waals surface area contributed by atoms with Gasteiger partial charge in [0.15, 0.2) is 0 Å². The van der Waals surface area contributed by atoms with E-state index in [0.717, 1.165) is 17.8 Å². The fourth-order valence-corrected chi connectivity index (χ4v) is 4.42. The molecule has 5 nitrogen and oxygen atoms in total. The highest BCUT2D eigenvalue weighted by atomic mass is 32.2. The molecule has 28 heavy (non-hydrogen) atoms. The molecule has 150 valence electrons. The van der Waals surface area contributed by atoms with Crippen molar-refractivity contribution in [1.82, 2.24) is 9.88 Å². The second-order valence-corrected chi connectivity index (χ2v) is 8.16. The Labute approximate surface area is 168 Å². The number of nitriles is 1. The Balaban J connectivity index is 1.82. The third-order valence-corrected chi connectivity index (χ3v) is 6.17. The first-order valence-corrected chi connectivity index (χ1v) is 10.4. The maximum absolute atomic E-state index is 13.5. The average molecular weight is 429 g/mol. The lowest BCUT2D eigenvalue weighted by Crippen LogP contribution is -2.41. The Morgan fingerprint density at radius 1 is 1.39 bits per heavy atom. The van der Waals surface area contributed by atoms with Gasteiger partial charge in [-0.2, -0.15) is 18.4 Å². The molecule has 3 heterocycles. The second-order valence-electron chi connectivity index (χ2n) is 6.20. The van der Waals surface area contributed by atoms with Crippen LogP contribution in [0.1, 0.15) is 11.1 Å². The Kier molecular flexibility index (Phi) is 6.95. The van der Waals surface area contributed by atoms with Crippen LogP contribution in [0.15, 0.2) is 28.6 Å². The van der Waals surface area contributed by atoms with Gasteiger partial charge in [-0.25, -0.2) is 4.98 Å². The molecule has 0 bridgehead atoms. The van der Waals surface area contributed by atoms with Crippen LogP contribution in [0.25, 0.3) is 10.6 Å². The monoisotopic (exact) mass is 429 g/mol. The smallest absolute Gasteiger partial charge is 0.391 e. The summed E-state index contributed by atoms with van der Waals surface area (Å²) >= 11 is 2.25. The van der Waals surface area contributed by atoms with E-state index in [1.54, 1.807) is 23.6 Å². The van der Waals surface area contributed by atoms with Crippen LogP contribution in [-0.4, -0.2) is 59.7 Å². The molecule has 1 aliphatic heterocycles. The fraction of sp³-hybridized carbons (Fsp3) is 0.444. The van der Waals surface area contributed by atoms with Crippen molar-refractivity contribution in [3.63, 3.8) is 0 Å². The second kappa shape index (κ2) is 9.24. The van der Waals surface area contributed by atoms with Gasteiger partial charge in [-0.1, -0.05) is 6.07 Å². The van der Waals surface area contributed by atoms with Crippen molar-refractivity contribution >= 4 is 23.1 Å². The van der Waals surface area contributed by atoms with Gasteiger partial charge in [-0.3, -0.25) is 4.90 Å². The lowest BCUT2D eigenvalue weighted by Gasteiger charge is -2.28. The standard InChI is InChI=1S/C18H18F3N3O2S2/c19-18(20,21)14-8-15(16-2-1-7-27-16)23-17(13(14)9-22)28-11-12(25)10-24-3-5-26-6-4-24/h1-2,7-8,12,25H,3-6,10-11H2/t12-/m1/s1. The zero-order valence-electron chi connectivity index (χ0n) is 14.8. The van der Waals surface area contributed by atoms with Crippen molar-refractivity contribution < 1.29 is 23.0 Å². The number of ether oxygens (including phenoxy) is 1. The van der Waals surface area contributed by atoms with E-state index in [2.05, 4.69) is 4.98 Å². The van der Waals surface area contributed by atoms with E-state index < -0.39 is 23.4 Å². The van der Waals surface area contributed by atoms with Crippen LogP contribution in [0.4, 0.5) is 13.2 Å².